The van der Waals surface area contributed by atoms with Crippen LogP contribution < -0.4 is 5.32 Å². The normalized spacial score (nSPS) is 35.3. The van der Waals surface area contributed by atoms with Crippen LogP contribution in [0.1, 0.15) is 78.6 Å². The van der Waals surface area contributed by atoms with Gasteiger partial charge in [-0.2, -0.15) is 0 Å². The molecule has 1 N–H and O–H groups in total. The summed E-state index contributed by atoms with van der Waals surface area (Å²) in [6.07, 6.45) is 13.4. The molecule has 3 rings (SSSR count). The predicted molar refractivity (Wildman–Crippen MR) is 88.5 cm³/mol. The van der Waals surface area contributed by atoms with E-state index in [4.69, 9.17) is 4.74 Å². The van der Waals surface area contributed by atoms with Gasteiger partial charge in [-0.25, -0.2) is 0 Å². The van der Waals surface area contributed by atoms with Gasteiger partial charge in [-0.05, 0) is 58.3 Å². The molecule has 2 aliphatic carbocycles. The molecule has 0 aromatic heterocycles. The van der Waals surface area contributed by atoms with E-state index in [1.54, 1.807) is 0 Å². The minimum atomic E-state index is 0.219. The van der Waals surface area contributed by atoms with E-state index in [2.05, 4.69) is 26.1 Å². The number of hydrogen-bond donors (Lipinski definition) is 1. The van der Waals surface area contributed by atoms with E-state index in [0.29, 0.717) is 11.5 Å². The quantitative estimate of drug-likeness (QED) is 0.804. The Bertz CT molecular complexity index is 338. The van der Waals surface area contributed by atoms with Gasteiger partial charge in [0.05, 0.1) is 6.10 Å². The molecule has 2 saturated carbocycles. The fourth-order valence-electron chi connectivity index (χ4n) is 4.63. The average Bonchev–Trinajstić information content (AvgIpc) is 3.19. The maximum Gasteiger partial charge on any atom is 0.0672 e. The highest BCUT2D eigenvalue weighted by molar-refractivity contribution is 5.02. The monoisotopic (exact) mass is 293 g/mol. The zero-order chi connectivity index (χ0) is 14.9. The summed E-state index contributed by atoms with van der Waals surface area (Å²) in [5, 5.41) is 3.83. The van der Waals surface area contributed by atoms with Crippen LogP contribution in [0.4, 0.5) is 0 Å². The molecular weight excluding hydrogens is 258 g/mol. The van der Waals surface area contributed by atoms with Gasteiger partial charge in [-0.1, -0.05) is 32.1 Å². The van der Waals surface area contributed by atoms with Crippen molar-refractivity contribution in [1.29, 1.82) is 0 Å². The Balaban J connectivity index is 1.69. The second-order valence-corrected chi connectivity index (χ2v) is 9.05. The van der Waals surface area contributed by atoms with Crippen LogP contribution >= 0.6 is 0 Å². The van der Waals surface area contributed by atoms with Gasteiger partial charge in [0.15, 0.2) is 0 Å². The number of ether oxygens (including phenoxy) is 1. The van der Waals surface area contributed by atoms with Crippen molar-refractivity contribution in [3.8, 4) is 0 Å². The van der Waals surface area contributed by atoms with Crippen LogP contribution in [-0.2, 0) is 4.74 Å². The zero-order valence-corrected chi connectivity index (χ0v) is 14.4. The van der Waals surface area contributed by atoms with Crippen LogP contribution in [0.3, 0.4) is 0 Å². The van der Waals surface area contributed by atoms with Gasteiger partial charge in [0.1, 0.15) is 0 Å². The van der Waals surface area contributed by atoms with Gasteiger partial charge in [0.25, 0.3) is 0 Å². The molecule has 0 radical (unpaired) electrons. The van der Waals surface area contributed by atoms with E-state index in [0.717, 1.165) is 25.0 Å². The van der Waals surface area contributed by atoms with Gasteiger partial charge < -0.3 is 10.1 Å². The second-order valence-electron chi connectivity index (χ2n) is 9.05. The smallest absolute Gasteiger partial charge is 0.0672 e. The SMILES string of the molecule is CC(C)(C)NCC1(CC2CCCCC2)CCOC1C1CC1. The lowest BCUT2D eigenvalue weighted by molar-refractivity contribution is 0.0127. The first-order valence-electron chi connectivity index (χ1n) is 9.35. The van der Waals surface area contributed by atoms with Crippen LogP contribution in [0.5, 0.6) is 0 Å². The maximum atomic E-state index is 6.26. The predicted octanol–water partition coefficient (Wildman–Crippen LogP) is 4.53. The molecule has 122 valence electrons. The summed E-state index contributed by atoms with van der Waals surface area (Å²) in [6.45, 7) is 9.05. The third-order valence-corrected chi connectivity index (χ3v) is 5.94. The summed E-state index contributed by atoms with van der Waals surface area (Å²) in [5.74, 6) is 1.83. The Morgan fingerprint density at radius 2 is 1.76 bits per heavy atom. The Morgan fingerprint density at radius 3 is 2.38 bits per heavy atom. The van der Waals surface area contributed by atoms with Crippen molar-refractivity contribution >= 4 is 0 Å². The molecule has 0 aromatic rings. The van der Waals surface area contributed by atoms with Crippen molar-refractivity contribution < 1.29 is 4.74 Å². The van der Waals surface area contributed by atoms with Gasteiger partial charge in [0, 0.05) is 24.1 Å². The molecule has 2 heteroatoms. The van der Waals surface area contributed by atoms with Gasteiger partial charge >= 0.3 is 0 Å². The first-order chi connectivity index (χ1) is 9.99. The average molecular weight is 293 g/mol. The van der Waals surface area contributed by atoms with E-state index < -0.39 is 0 Å². The van der Waals surface area contributed by atoms with Crippen LogP contribution in [-0.4, -0.2) is 24.8 Å². The lowest BCUT2D eigenvalue weighted by Gasteiger charge is -2.40. The van der Waals surface area contributed by atoms with Crippen LogP contribution in [0.15, 0.2) is 0 Å². The van der Waals surface area contributed by atoms with E-state index in [1.807, 2.05) is 0 Å². The topological polar surface area (TPSA) is 21.3 Å². The molecule has 2 nitrogen and oxygen atoms in total. The van der Waals surface area contributed by atoms with E-state index in [1.165, 1.54) is 57.8 Å². The molecule has 0 aromatic carbocycles. The Hall–Kier alpha value is -0.0800. The molecule has 3 fully saturated rings. The maximum absolute atomic E-state index is 6.26. The van der Waals surface area contributed by atoms with Crippen LogP contribution in [0.25, 0.3) is 0 Å². The summed E-state index contributed by atoms with van der Waals surface area (Å²) in [6, 6.07) is 0. The van der Waals surface area contributed by atoms with Crippen molar-refractivity contribution in [2.45, 2.75) is 90.2 Å². The minimum absolute atomic E-state index is 0.219. The van der Waals surface area contributed by atoms with Gasteiger partial charge in [0.2, 0.25) is 0 Å². The molecule has 0 spiro atoms. The highest BCUT2D eigenvalue weighted by Gasteiger charge is 2.51. The Labute approximate surface area is 131 Å². The molecule has 0 bridgehead atoms. The fourth-order valence-corrected chi connectivity index (χ4v) is 4.63. The number of nitrogens with one attached hydrogen (secondary N) is 1. The third kappa shape index (κ3) is 4.01. The lowest BCUT2D eigenvalue weighted by atomic mass is 9.69. The van der Waals surface area contributed by atoms with Crippen LogP contribution in [0.2, 0.25) is 0 Å². The minimum Gasteiger partial charge on any atom is -0.377 e. The second kappa shape index (κ2) is 6.20. The number of rotatable bonds is 5. The molecule has 1 saturated heterocycles. The largest absolute Gasteiger partial charge is 0.377 e. The standard InChI is InChI=1S/C19H35NO/c1-18(2,3)20-14-19(13-15-7-5-4-6-8-15)11-12-21-17(19)16-9-10-16/h15-17,20H,4-14H2,1-3H3. The first kappa shape index (κ1) is 15.8. The van der Waals surface area contributed by atoms with Crippen molar-refractivity contribution in [3.05, 3.63) is 0 Å². The molecule has 2 unspecified atom stereocenters. The molecule has 3 aliphatic rings. The molecule has 21 heavy (non-hydrogen) atoms. The summed E-state index contributed by atoms with van der Waals surface area (Å²) in [4.78, 5) is 0. The fraction of sp³-hybridized carbons (Fsp3) is 1.00. The molecule has 1 aliphatic heterocycles. The molecular formula is C19H35NO. The van der Waals surface area contributed by atoms with Crippen molar-refractivity contribution in [2.24, 2.45) is 17.3 Å². The van der Waals surface area contributed by atoms with Gasteiger partial charge in [-0.15, -0.1) is 0 Å². The van der Waals surface area contributed by atoms with Crippen molar-refractivity contribution in [1.82, 2.24) is 5.32 Å². The Kier molecular flexibility index (Phi) is 4.66. The van der Waals surface area contributed by atoms with Gasteiger partial charge in [-0.3, -0.25) is 0 Å². The summed E-state index contributed by atoms with van der Waals surface area (Å²) >= 11 is 0. The first-order valence-corrected chi connectivity index (χ1v) is 9.35. The van der Waals surface area contributed by atoms with Crippen LogP contribution in [0, 0.1) is 17.3 Å². The summed E-state index contributed by atoms with van der Waals surface area (Å²) in [5.41, 5.74) is 0.646. The van der Waals surface area contributed by atoms with Crippen molar-refractivity contribution in [3.63, 3.8) is 0 Å². The third-order valence-electron chi connectivity index (χ3n) is 5.94. The molecule has 0 amide bonds. The highest BCUT2D eigenvalue weighted by atomic mass is 16.5. The van der Waals surface area contributed by atoms with E-state index in [-0.39, 0.29) is 5.54 Å². The summed E-state index contributed by atoms with van der Waals surface area (Å²) in [7, 11) is 0. The van der Waals surface area contributed by atoms with E-state index in [9.17, 15) is 0 Å². The summed E-state index contributed by atoms with van der Waals surface area (Å²) < 4.78 is 6.26. The number of hydrogen-bond acceptors (Lipinski definition) is 2. The lowest BCUT2D eigenvalue weighted by Crippen LogP contribution is -2.48. The zero-order valence-electron chi connectivity index (χ0n) is 14.4. The highest BCUT2D eigenvalue weighted by Crippen LogP contribution is 2.51. The molecule has 2 atom stereocenters. The van der Waals surface area contributed by atoms with Crippen molar-refractivity contribution in [2.75, 3.05) is 13.2 Å². The Morgan fingerprint density at radius 1 is 1.05 bits per heavy atom. The molecule has 1 heterocycles. The van der Waals surface area contributed by atoms with E-state index >= 15 is 0 Å².